The van der Waals surface area contributed by atoms with Crippen LogP contribution in [-0.2, 0) is 24.1 Å². The monoisotopic (exact) mass is 449 g/mol. The first kappa shape index (κ1) is 20.5. The van der Waals surface area contributed by atoms with Crippen LogP contribution >= 0.6 is 0 Å². The zero-order valence-corrected chi connectivity index (χ0v) is 18.5. The average molecular weight is 450 g/mol. The van der Waals surface area contributed by atoms with E-state index in [0.717, 1.165) is 66.7 Å². The van der Waals surface area contributed by atoms with Gasteiger partial charge in [-0.3, -0.25) is 4.79 Å². The van der Waals surface area contributed by atoms with Gasteiger partial charge in [-0.05, 0) is 80.5 Å². The molecule has 3 aromatic rings. The number of rotatable bonds is 6. The molecule has 3 N–H and O–H groups in total. The van der Waals surface area contributed by atoms with Gasteiger partial charge >= 0.3 is 0 Å². The molecule has 2 aliphatic heterocycles. The van der Waals surface area contributed by atoms with Gasteiger partial charge in [-0.25, -0.2) is 4.39 Å². The lowest BCUT2D eigenvalue weighted by Gasteiger charge is -2.28. The number of ether oxygens (including phenoxy) is 2. The SMILES string of the molecule is O=C1Cc2c(ccc3c2OCC(CNCCCC2CCc4c([nH]c5ccc(F)cc45)C2)O3)N1. The van der Waals surface area contributed by atoms with E-state index in [4.69, 9.17) is 9.47 Å². The third-order valence-corrected chi connectivity index (χ3v) is 7.13. The Hall–Kier alpha value is -3.06. The third-order valence-electron chi connectivity index (χ3n) is 7.13. The fourth-order valence-corrected chi connectivity index (χ4v) is 5.50. The first-order valence-electron chi connectivity index (χ1n) is 11.9. The van der Waals surface area contributed by atoms with Gasteiger partial charge in [0.05, 0.1) is 6.42 Å². The Morgan fingerprint density at radius 2 is 2.12 bits per heavy atom. The van der Waals surface area contributed by atoms with Crippen LogP contribution in [0.3, 0.4) is 0 Å². The van der Waals surface area contributed by atoms with E-state index in [0.29, 0.717) is 24.7 Å². The van der Waals surface area contributed by atoms with Crippen molar-refractivity contribution in [3.8, 4) is 11.5 Å². The molecule has 3 aliphatic rings. The molecule has 0 saturated heterocycles. The number of anilines is 1. The molecular formula is C26H28FN3O3. The van der Waals surface area contributed by atoms with Crippen molar-refractivity contribution in [3.05, 3.63) is 53.0 Å². The number of H-pyrrole nitrogens is 1. The molecule has 2 atom stereocenters. The van der Waals surface area contributed by atoms with Crippen molar-refractivity contribution in [2.45, 2.75) is 44.6 Å². The molecule has 0 saturated carbocycles. The Balaban J connectivity index is 0.962. The Kier molecular flexibility index (Phi) is 5.21. The molecule has 0 spiro atoms. The number of halogens is 1. The highest BCUT2D eigenvalue weighted by atomic mass is 19.1. The van der Waals surface area contributed by atoms with Crippen LogP contribution in [0.2, 0.25) is 0 Å². The van der Waals surface area contributed by atoms with Gasteiger partial charge in [0.1, 0.15) is 18.5 Å². The number of aromatic amines is 1. The largest absolute Gasteiger partial charge is 0.485 e. The summed E-state index contributed by atoms with van der Waals surface area (Å²) >= 11 is 0. The van der Waals surface area contributed by atoms with Gasteiger partial charge in [0.15, 0.2) is 11.5 Å². The predicted molar refractivity (Wildman–Crippen MR) is 125 cm³/mol. The maximum atomic E-state index is 13.6. The van der Waals surface area contributed by atoms with Crippen molar-refractivity contribution in [1.82, 2.24) is 10.3 Å². The van der Waals surface area contributed by atoms with Crippen molar-refractivity contribution < 1.29 is 18.7 Å². The van der Waals surface area contributed by atoms with Crippen LogP contribution in [0, 0.1) is 11.7 Å². The maximum Gasteiger partial charge on any atom is 0.229 e. The molecule has 7 heteroatoms. The molecular weight excluding hydrogens is 421 g/mol. The molecule has 2 unspecified atom stereocenters. The molecule has 172 valence electrons. The summed E-state index contributed by atoms with van der Waals surface area (Å²) in [5, 5.41) is 7.41. The Morgan fingerprint density at radius 3 is 3.06 bits per heavy atom. The van der Waals surface area contributed by atoms with Crippen LogP contribution < -0.4 is 20.1 Å². The summed E-state index contributed by atoms with van der Waals surface area (Å²) in [5.41, 5.74) is 5.37. The first-order valence-corrected chi connectivity index (χ1v) is 11.9. The summed E-state index contributed by atoms with van der Waals surface area (Å²) in [5.74, 6) is 1.93. The van der Waals surface area contributed by atoms with Crippen LogP contribution in [0.15, 0.2) is 30.3 Å². The van der Waals surface area contributed by atoms with Gasteiger partial charge in [0.2, 0.25) is 5.91 Å². The van der Waals surface area contributed by atoms with Gasteiger partial charge in [-0.2, -0.15) is 0 Å². The smallest absolute Gasteiger partial charge is 0.229 e. The molecule has 6 nitrogen and oxygen atoms in total. The van der Waals surface area contributed by atoms with Crippen molar-refractivity contribution in [2.24, 2.45) is 5.92 Å². The van der Waals surface area contributed by atoms with E-state index in [1.807, 2.05) is 18.2 Å². The second-order valence-electron chi connectivity index (χ2n) is 9.42. The quantitative estimate of drug-likeness (QED) is 0.495. The highest BCUT2D eigenvalue weighted by Gasteiger charge is 2.29. The van der Waals surface area contributed by atoms with Gasteiger partial charge in [-0.1, -0.05) is 0 Å². The third kappa shape index (κ3) is 3.95. The highest BCUT2D eigenvalue weighted by molar-refractivity contribution is 6.00. The highest BCUT2D eigenvalue weighted by Crippen LogP contribution is 2.41. The van der Waals surface area contributed by atoms with Crippen molar-refractivity contribution >= 4 is 22.5 Å². The molecule has 1 aliphatic carbocycles. The fourth-order valence-electron chi connectivity index (χ4n) is 5.50. The van der Waals surface area contributed by atoms with E-state index < -0.39 is 0 Å². The van der Waals surface area contributed by atoms with E-state index >= 15 is 0 Å². The minimum atomic E-state index is -0.163. The van der Waals surface area contributed by atoms with E-state index in [1.54, 1.807) is 6.07 Å². The number of hydrogen-bond donors (Lipinski definition) is 3. The number of fused-ring (bicyclic) bond motifs is 6. The van der Waals surface area contributed by atoms with Crippen LogP contribution in [0.1, 0.15) is 36.1 Å². The van der Waals surface area contributed by atoms with E-state index in [1.165, 1.54) is 23.7 Å². The minimum Gasteiger partial charge on any atom is -0.485 e. The normalized spacial score (nSPS) is 21.1. The van der Waals surface area contributed by atoms with Gasteiger partial charge < -0.3 is 25.1 Å². The van der Waals surface area contributed by atoms with E-state index in [9.17, 15) is 9.18 Å². The standard InChI is InChI=1S/C26H28FN3O3/c27-16-4-6-21-19(11-16)18-5-3-15(10-23(18)29-21)2-1-9-28-13-17-14-32-26-20-12-25(31)30-22(20)7-8-24(26)33-17/h4,6-8,11,15,17,28-29H,1-3,5,9-10,12-14H2,(H,30,31). The summed E-state index contributed by atoms with van der Waals surface area (Å²) in [6.07, 6.45) is 5.83. The van der Waals surface area contributed by atoms with Gasteiger partial charge in [0.25, 0.3) is 0 Å². The summed E-state index contributed by atoms with van der Waals surface area (Å²) in [4.78, 5) is 15.2. The average Bonchev–Trinajstić information content (AvgIpc) is 3.37. The van der Waals surface area contributed by atoms with Gasteiger partial charge in [0, 0.05) is 34.4 Å². The summed E-state index contributed by atoms with van der Waals surface area (Å²) in [6, 6.07) is 8.80. The summed E-state index contributed by atoms with van der Waals surface area (Å²) < 4.78 is 25.7. The molecule has 1 aromatic heterocycles. The zero-order valence-electron chi connectivity index (χ0n) is 18.5. The zero-order chi connectivity index (χ0) is 22.4. The minimum absolute atomic E-state index is 0.00147. The Morgan fingerprint density at radius 1 is 1.18 bits per heavy atom. The molecule has 0 fully saturated rings. The number of amides is 1. The number of aryl methyl sites for hydroxylation is 1. The van der Waals surface area contributed by atoms with E-state index in [-0.39, 0.29) is 17.8 Å². The predicted octanol–water partition coefficient (Wildman–Crippen LogP) is 4.12. The summed E-state index contributed by atoms with van der Waals surface area (Å²) in [6.45, 7) is 2.16. The number of benzene rings is 2. The van der Waals surface area contributed by atoms with Crippen LogP contribution in [0.25, 0.3) is 10.9 Å². The number of carbonyl (C=O) groups excluding carboxylic acids is 1. The lowest BCUT2D eigenvalue weighted by Crippen LogP contribution is -2.39. The van der Waals surface area contributed by atoms with Crippen LogP contribution in [0.4, 0.5) is 10.1 Å². The number of aromatic nitrogens is 1. The van der Waals surface area contributed by atoms with Crippen molar-refractivity contribution in [2.75, 3.05) is 25.0 Å². The molecule has 3 heterocycles. The van der Waals surface area contributed by atoms with Crippen molar-refractivity contribution in [3.63, 3.8) is 0 Å². The molecule has 0 bridgehead atoms. The van der Waals surface area contributed by atoms with Crippen molar-refractivity contribution in [1.29, 1.82) is 0 Å². The molecule has 2 aromatic carbocycles. The number of carbonyl (C=O) groups is 1. The second kappa shape index (κ2) is 8.37. The maximum absolute atomic E-state index is 13.6. The van der Waals surface area contributed by atoms with Crippen LogP contribution in [-0.4, -0.2) is 36.7 Å². The lowest BCUT2D eigenvalue weighted by molar-refractivity contribution is -0.115. The van der Waals surface area contributed by atoms with Gasteiger partial charge in [-0.15, -0.1) is 0 Å². The topological polar surface area (TPSA) is 75.4 Å². The molecule has 6 rings (SSSR count). The van der Waals surface area contributed by atoms with E-state index in [2.05, 4.69) is 15.6 Å². The molecule has 0 radical (unpaired) electrons. The second-order valence-corrected chi connectivity index (χ2v) is 9.42. The Labute approximate surface area is 191 Å². The molecule has 33 heavy (non-hydrogen) atoms. The first-order chi connectivity index (χ1) is 16.1. The lowest BCUT2D eigenvalue weighted by atomic mass is 9.84. The Bertz CT molecular complexity index is 1220. The van der Waals surface area contributed by atoms with Crippen LogP contribution in [0.5, 0.6) is 11.5 Å². The number of hydrogen-bond acceptors (Lipinski definition) is 4. The fraction of sp³-hybridized carbons (Fsp3) is 0.423. The summed E-state index contributed by atoms with van der Waals surface area (Å²) in [7, 11) is 0. The number of nitrogens with one attached hydrogen (secondary N) is 3. The molecule has 1 amide bonds.